The number of carbonyl (C=O) groups is 6. The van der Waals surface area contributed by atoms with Crippen LogP contribution in [0, 0.1) is 0 Å². The van der Waals surface area contributed by atoms with Gasteiger partial charge in [-0.05, 0) is 103 Å². The predicted molar refractivity (Wildman–Crippen MR) is 294 cm³/mol. The molecule has 0 bridgehead atoms. The summed E-state index contributed by atoms with van der Waals surface area (Å²) < 4.78 is 0. The minimum Gasteiger partial charge on any atom is -0.368 e. The van der Waals surface area contributed by atoms with Crippen LogP contribution in [0.4, 0.5) is 0 Å². The molecule has 76 heavy (non-hydrogen) atoms. The topological polar surface area (TPSA) is 180 Å². The Labute approximate surface area is 449 Å². The summed E-state index contributed by atoms with van der Waals surface area (Å²) in [4.78, 5) is 94.8. The van der Waals surface area contributed by atoms with Crippen LogP contribution in [0.2, 0.25) is 0 Å². The number of hydroxylamine groups is 2. The third-order valence-electron chi connectivity index (χ3n) is 15.0. The third-order valence-corrected chi connectivity index (χ3v) is 15.0. The first kappa shape index (κ1) is 58.1. The number of piperidine rings is 1. The zero-order chi connectivity index (χ0) is 55.3. The lowest BCUT2D eigenvalue weighted by Gasteiger charge is -2.50. The lowest BCUT2D eigenvalue weighted by molar-refractivity contribution is -0.290. The Bertz CT molecular complexity index is 2690. The second-order valence-electron chi connectivity index (χ2n) is 21.4. The van der Waals surface area contributed by atoms with E-state index in [-0.39, 0.29) is 25.0 Å². The SMILES string of the molecule is C[C@@H](c1ccccc1)N(CC(N)=O)C(=O)CN(C(=O)CN(C(=O)CN(C(=O)CN(C(=O)CNC1CC(C)(C)N([O])C(C)(C)C1)[C@@H](C)c1ccccc1)[C@@H](C)c1ccccc1)[C@@H](C)c1ccccc1)[C@@H](C)c1ccccc1. The lowest BCUT2D eigenvalue weighted by atomic mass is 9.79. The maximum absolute atomic E-state index is 15.4. The Balaban J connectivity index is 1.34. The molecule has 5 aromatic rings. The van der Waals surface area contributed by atoms with Gasteiger partial charge in [-0.3, -0.25) is 28.8 Å². The van der Waals surface area contributed by atoms with Crippen LogP contribution in [-0.4, -0.2) is 121 Å². The highest BCUT2D eigenvalue weighted by Gasteiger charge is 2.46. The number of carbonyl (C=O) groups excluding carboxylic acids is 6. The van der Waals surface area contributed by atoms with Crippen LogP contribution in [0.1, 0.15) is 133 Å². The molecule has 1 aliphatic heterocycles. The average Bonchev–Trinajstić information content (AvgIpc) is 3.42. The van der Waals surface area contributed by atoms with E-state index in [0.29, 0.717) is 12.8 Å². The van der Waals surface area contributed by atoms with Crippen LogP contribution in [0.5, 0.6) is 0 Å². The van der Waals surface area contributed by atoms with E-state index in [1.807, 2.05) is 207 Å². The van der Waals surface area contributed by atoms with Gasteiger partial charge in [-0.25, -0.2) is 0 Å². The third kappa shape index (κ3) is 14.8. The van der Waals surface area contributed by atoms with E-state index in [2.05, 4.69) is 5.32 Å². The molecular formula is C61H77N8O7. The molecule has 1 aliphatic rings. The van der Waals surface area contributed by atoms with Gasteiger partial charge in [0.15, 0.2) is 0 Å². The molecule has 6 rings (SSSR count). The summed E-state index contributed by atoms with van der Waals surface area (Å²) in [7, 11) is 0. The second-order valence-corrected chi connectivity index (χ2v) is 21.4. The molecule has 5 aromatic carbocycles. The summed E-state index contributed by atoms with van der Waals surface area (Å²) in [5.41, 5.74) is 8.18. The molecule has 1 saturated heterocycles. The van der Waals surface area contributed by atoms with Gasteiger partial charge in [0.05, 0.1) is 43.3 Å². The van der Waals surface area contributed by atoms with Crippen LogP contribution < -0.4 is 11.1 Å². The van der Waals surface area contributed by atoms with E-state index in [1.54, 1.807) is 6.92 Å². The van der Waals surface area contributed by atoms with Gasteiger partial charge in [0.1, 0.15) is 26.2 Å². The minimum atomic E-state index is -0.716. The number of hydrogen-bond acceptors (Lipinski definition) is 8. The highest BCUT2D eigenvalue weighted by molar-refractivity contribution is 5.93. The van der Waals surface area contributed by atoms with Crippen molar-refractivity contribution in [3.8, 4) is 0 Å². The van der Waals surface area contributed by atoms with E-state index in [9.17, 15) is 19.6 Å². The second kappa shape index (κ2) is 26.0. The van der Waals surface area contributed by atoms with Gasteiger partial charge in [0.25, 0.3) is 0 Å². The van der Waals surface area contributed by atoms with Crippen molar-refractivity contribution in [3.05, 3.63) is 179 Å². The molecule has 5 atom stereocenters. The molecule has 6 amide bonds. The first-order chi connectivity index (χ1) is 36.1. The average molecular weight is 1030 g/mol. The lowest BCUT2D eigenvalue weighted by Crippen LogP contribution is -2.62. The van der Waals surface area contributed by atoms with Crippen molar-refractivity contribution in [2.75, 3.05) is 39.3 Å². The summed E-state index contributed by atoms with van der Waals surface area (Å²) >= 11 is 0. The molecule has 3 N–H and O–H groups in total. The predicted octanol–water partition coefficient (Wildman–Crippen LogP) is 8.38. The molecule has 1 heterocycles. The van der Waals surface area contributed by atoms with E-state index in [0.717, 1.165) is 32.9 Å². The Morgan fingerprint density at radius 1 is 0.434 bits per heavy atom. The zero-order valence-corrected chi connectivity index (χ0v) is 45.7. The number of benzene rings is 5. The fourth-order valence-corrected chi connectivity index (χ4v) is 10.6. The van der Waals surface area contributed by atoms with Crippen LogP contribution in [0.15, 0.2) is 152 Å². The molecule has 0 aromatic heterocycles. The smallest absolute Gasteiger partial charge is 0.243 e. The standard InChI is InChI=1S/C61H77N8O7/c1-43(48-25-15-10-16-26-48)64(38-54(62)70)56(72)40-66(45(3)50-29-19-12-20-30-50)58(74)42-68(47(5)52-33-23-14-24-34-52)59(75)41-67(46(4)51-31-21-13-22-32-51)57(73)39-65(44(2)49-27-17-11-18-28-49)55(71)37-63-53-35-60(6,7)69(76)61(8,9)36-53/h10-34,43-47,53,63H,35-42H2,1-9H3,(H2,62,70)/t43-,44-,45-,46-,47-/m0/s1. The Morgan fingerprint density at radius 2 is 0.658 bits per heavy atom. The number of amides is 6. The fourth-order valence-electron chi connectivity index (χ4n) is 10.6. The van der Waals surface area contributed by atoms with E-state index in [4.69, 9.17) is 5.73 Å². The van der Waals surface area contributed by atoms with E-state index >= 15 is 14.4 Å². The van der Waals surface area contributed by atoms with Crippen molar-refractivity contribution in [1.29, 1.82) is 0 Å². The Hall–Kier alpha value is -7.20. The normalized spacial score (nSPS) is 16.2. The zero-order valence-electron chi connectivity index (χ0n) is 45.7. The van der Waals surface area contributed by atoms with Crippen LogP contribution in [-0.2, 0) is 34.0 Å². The van der Waals surface area contributed by atoms with Crippen molar-refractivity contribution in [1.82, 2.24) is 34.9 Å². The Kier molecular flexibility index (Phi) is 19.9. The largest absolute Gasteiger partial charge is 0.368 e. The molecule has 1 fully saturated rings. The van der Waals surface area contributed by atoms with E-state index in [1.165, 1.54) is 24.5 Å². The molecule has 0 spiro atoms. The summed E-state index contributed by atoms with van der Waals surface area (Å²) in [5.74, 6) is -3.15. The quantitative estimate of drug-likeness (QED) is 0.0655. The van der Waals surface area contributed by atoms with Crippen molar-refractivity contribution < 1.29 is 34.0 Å². The van der Waals surface area contributed by atoms with Gasteiger partial charge in [0.2, 0.25) is 35.4 Å². The van der Waals surface area contributed by atoms with Crippen molar-refractivity contribution >= 4 is 35.4 Å². The monoisotopic (exact) mass is 1030 g/mol. The van der Waals surface area contributed by atoms with Crippen LogP contribution in [0.3, 0.4) is 0 Å². The summed E-state index contributed by atoms with van der Waals surface area (Å²) in [6.07, 6.45) is 1.04. The first-order valence-corrected chi connectivity index (χ1v) is 26.3. The van der Waals surface area contributed by atoms with Crippen molar-refractivity contribution in [2.24, 2.45) is 5.73 Å². The number of primary amides is 1. The van der Waals surface area contributed by atoms with E-state index < -0.39 is 97.0 Å². The number of nitrogens with two attached hydrogens (primary N) is 1. The van der Waals surface area contributed by atoms with Crippen LogP contribution in [0.25, 0.3) is 0 Å². The Morgan fingerprint density at radius 3 is 0.895 bits per heavy atom. The molecule has 0 aliphatic carbocycles. The molecular weight excluding hydrogens is 957 g/mol. The summed E-state index contributed by atoms with van der Waals surface area (Å²) in [6, 6.07) is 43.2. The highest BCUT2D eigenvalue weighted by atomic mass is 16.5. The number of hydrogen-bond donors (Lipinski definition) is 2. The number of nitrogens with zero attached hydrogens (tertiary/aromatic N) is 6. The highest BCUT2D eigenvalue weighted by Crippen LogP contribution is 2.37. The fraction of sp³-hybridized carbons (Fsp3) is 0.410. The summed E-state index contributed by atoms with van der Waals surface area (Å²) in [5, 5.41) is 17.8. The molecule has 1 radical (unpaired) electrons. The summed E-state index contributed by atoms with van der Waals surface area (Å²) in [6.45, 7) is 14.5. The van der Waals surface area contributed by atoms with Gasteiger partial charge >= 0.3 is 0 Å². The molecule has 403 valence electrons. The molecule has 0 unspecified atom stereocenters. The van der Waals surface area contributed by atoms with Crippen molar-refractivity contribution in [2.45, 2.75) is 122 Å². The van der Waals surface area contributed by atoms with Gasteiger partial charge in [-0.15, -0.1) is 10.3 Å². The molecule has 0 saturated carbocycles. The number of nitrogens with one attached hydrogen (secondary N) is 1. The van der Waals surface area contributed by atoms with Gasteiger partial charge in [-0.1, -0.05) is 152 Å². The van der Waals surface area contributed by atoms with Gasteiger partial charge in [0, 0.05) is 17.1 Å². The maximum Gasteiger partial charge on any atom is 0.243 e. The molecule has 15 heteroatoms. The molecule has 15 nitrogen and oxygen atoms in total. The van der Waals surface area contributed by atoms with Crippen molar-refractivity contribution in [3.63, 3.8) is 0 Å². The van der Waals surface area contributed by atoms with Gasteiger partial charge < -0.3 is 35.6 Å². The number of rotatable bonds is 23. The maximum atomic E-state index is 15.4. The first-order valence-electron chi connectivity index (χ1n) is 26.3. The minimum absolute atomic E-state index is 0.0936. The van der Waals surface area contributed by atoms with Crippen LogP contribution >= 0.6 is 0 Å². The van der Waals surface area contributed by atoms with Gasteiger partial charge in [-0.2, -0.15) is 0 Å².